The number of halogens is 3. The van der Waals surface area contributed by atoms with Gasteiger partial charge in [0, 0.05) is 17.3 Å². The van der Waals surface area contributed by atoms with Crippen LogP contribution in [-0.4, -0.2) is 21.1 Å². The van der Waals surface area contributed by atoms with E-state index in [9.17, 15) is 22.8 Å². The molecule has 0 spiro atoms. The van der Waals surface area contributed by atoms with Crippen LogP contribution in [0.5, 0.6) is 5.75 Å². The summed E-state index contributed by atoms with van der Waals surface area (Å²) in [7, 11) is 0. The summed E-state index contributed by atoms with van der Waals surface area (Å²) >= 11 is 0. The van der Waals surface area contributed by atoms with Crippen LogP contribution < -0.4 is 16.0 Å². The zero-order chi connectivity index (χ0) is 20.3. The molecule has 0 saturated heterocycles. The number of carbonyl (C=O) groups is 1. The number of aromatic amines is 1. The van der Waals surface area contributed by atoms with E-state index < -0.39 is 28.9 Å². The highest BCUT2D eigenvalue weighted by Gasteiger charge is 2.36. The molecule has 3 aromatic rings. The quantitative estimate of drug-likeness (QED) is 0.696. The Bertz CT molecular complexity index is 1050. The van der Waals surface area contributed by atoms with Gasteiger partial charge in [0.05, 0.1) is 6.20 Å². The third-order valence-corrected chi connectivity index (χ3v) is 3.81. The van der Waals surface area contributed by atoms with Crippen LogP contribution in [0.3, 0.4) is 0 Å². The Morgan fingerprint density at radius 1 is 1.14 bits per heavy atom. The van der Waals surface area contributed by atoms with Crippen molar-refractivity contribution in [2.45, 2.75) is 12.8 Å². The van der Waals surface area contributed by atoms with Crippen molar-refractivity contribution in [1.82, 2.24) is 15.2 Å². The Hall–Kier alpha value is -3.69. The third kappa shape index (κ3) is 4.17. The molecule has 7 nitrogen and oxygen atoms in total. The van der Waals surface area contributed by atoms with E-state index in [2.05, 4.69) is 10.2 Å². The molecule has 0 atom stereocenters. The molecule has 144 valence electrons. The van der Waals surface area contributed by atoms with Gasteiger partial charge in [-0.15, -0.1) is 0 Å². The van der Waals surface area contributed by atoms with E-state index in [1.54, 1.807) is 11.1 Å². The minimum atomic E-state index is -4.83. The van der Waals surface area contributed by atoms with Crippen LogP contribution in [0.25, 0.3) is 11.1 Å². The highest BCUT2D eigenvalue weighted by molar-refractivity contribution is 5.93. The van der Waals surface area contributed by atoms with Crippen LogP contribution >= 0.6 is 0 Å². The van der Waals surface area contributed by atoms with Gasteiger partial charge in [-0.25, -0.2) is 0 Å². The fourth-order valence-electron chi connectivity index (χ4n) is 2.47. The number of nitrogens with two attached hydrogens (primary N) is 1. The molecule has 3 N–H and O–H groups in total. The standard InChI is InChI=1S/C18H13F3N4O3/c19-18(20,21)15-13(7-14(16(22)26)17(27)25-15)11-1-3-12(4-2-11)28-9-10-5-6-23-24-8-10/h1-8H,9H2,(H2,22,26)(H,25,27). The summed E-state index contributed by atoms with van der Waals surface area (Å²) in [6, 6.07) is 8.26. The number of pyridine rings is 1. The molecule has 0 unspecified atom stereocenters. The van der Waals surface area contributed by atoms with Crippen LogP contribution in [0.2, 0.25) is 0 Å². The van der Waals surface area contributed by atoms with Crippen molar-refractivity contribution in [2.75, 3.05) is 0 Å². The molecule has 2 heterocycles. The average molecular weight is 390 g/mol. The lowest BCUT2D eigenvalue weighted by atomic mass is 10.0. The van der Waals surface area contributed by atoms with Crippen LogP contribution in [0.15, 0.2) is 53.6 Å². The molecule has 2 aromatic heterocycles. The van der Waals surface area contributed by atoms with Gasteiger partial charge in [0.15, 0.2) is 0 Å². The molecule has 1 amide bonds. The molecule has 0 aliphatic heterocycles. The second kappa shape index (κ2) is 7.51. The smallest absolute Gasteiger partial charge is 0.431 e. The van der Waals surface area contributed by atoms with E-state index in [0.29, 0.717) is 5.75 Å². The number of carbonyl (C=O) groups excluding carboxylic acids is 1. The number of nitrogens with zero attached hydrogens (tertiary/aromatic N) is 2. The minimum Gasteiger partial charge on any atom is -0.489 e. The first kappa shape index (κ1) is 19.1. The van der Waals surface area contributed by atoms with Crippen LogP contribution in [0.1, 0.15) is 21.6 Å². The monoisotopic (exact) mass is 390 g/mol. The number of ether oxygens (including phenoxy) is 1. The molecular formula is C18H13F3N4O3. The Balaban J connectivity index is 1.93. The van der Waals surface area contributed by atoms with E-state index in [-0.39, 0.29) is 17.7 Å². The molecule has 1 aromatic carbocycles. The Labute approximate surface area is 156 Å². The van der Waals surface area contributed by atoms with Crippen molar-refractivity contribution >= 4 is 5.91 Å². The largest absolute Gasteiger partial charge is 0.489 e. The molecule has 0 fully saturated rings. The first-order chi connectivity index (χ1) is 13.3. The van der Waals surface area contributed by atoms with Gasteiger partial charge in [0.2, 0.25) is 0 Å². The van der Waals surface area contributed by atoms with E-state index in [1.807, 2.05) is 0 Å². The highest BCUT2D eigenvalue weighted by atomic mass is 19.4. The number of alkyl halides is 3. The van der Waals surface area contributed by atoms with Crippen LogP contribution in [0.4, 0.5) is 13.2 Å². The molecular weight excluding hydrogens is 377 g/mol. The summed E-state index contributed by atoms with van der Waals surface area (Å²) in [5, 5.41) is 7.35. The number of nitrogens with one attached hydrogen (secondary N) is 1. The van der Waals surface area contributed by atoms with E-state index in [1.165, 1.54) is 36.7 Å². The van der Waals surface area contributed by atoms with Gasteiger partial charge < -0.3 is 15.5 Å². The predicted octanol–water partition coefficient (Wildman–Crippen LogP) is 2.53. The van der Waals surface area contributed by atoms with E-state index in [4.69, 9.17) is 10.5 Å². The zero-order valence-corrected chi connectivity index (χ0v) is 14.2. The summed E-state index contributed by atoms with van der Waals surface area (Å²) < 4.78 is 45.5. The minimum absolute atomic E-state index is 0.129. The summed E-state index contributed by atoms with van der Waals surface area (Å²) in [5.74, 6) is -0.712. The van der Waals surface area contributed by atoms with Crippen molar-refractivity contribution in [3.8, 4) is 16.9 Å². The van der Waals surface area contributed by atoms with Crippen LogP contribution in [0, 0.1) is 0 Å². The Morgan fingerprint density at radius 2 is 1.86 bits per heavy atom. The van der Waals surface area contributed by atoms with Gasteiger partial charge in [0.25, 0.3) is 11.5 Å². The van der Waals surface area contributed by atoms with Gasteiger partial charge >= 0.3 is 6.18 Å². The van der Waals surface area contributed by atoms with E-state index in [0.717, 1.165) is 11.6 Å². The summed E-state index contributed by atoms with van der Waals surface area (Å²) in [5.41, 5.74) is 2.57. The van der Waals surface area contributed by atoms with Gasteiger partial charge in [-0.1, -0.05) is 12.1 Å². The van der Waals surface area contributed by atoms with Crippen molar-refractivity contribution in [3.05, 3.63) is 76.0 Å². The molecule has 0 aliphatic carbocycles. The molecule has 0 bridgehead atoms. The Morgan fingerprint density at radius 3 is 2.43 bits per heavy atom. The molecule has 0 radical (unpaired) electrons. The number of primary amides is 1. The molecule has 0 aliphatic rings. The lowest BCUT2D eigenvalue weighted by Crippen LogP contribution is -2.27. The van der Waals surface area contributed by atoms with E-state index >= 15 is 0 Å². The fraction of sp³-hybridized carbons (Fsp3) is 0.111. The average Bonchev–Trinajstić information content (AvgIpc) is 2.66. The van der Waals surface area contributed by atoms with Crippen molar-refractivity contribution in [2.24, 2.45) is 5.73 Å². The summed E-state index contributed by atoms with van der Waals surface area (Å²) in [6.07, 6.45) is -1.79. The number of aromatic nitrogens is 3. The number of benzene rings is 1. The van der Waals surface area contributed by atoms with Gasteiger partial charge in [-0.3, -0.25) is 9.59 Å². The molecule has 28 heavy (non-hydrogen) atoms. The van der Waals surface area contributed by atoms with Gasteiger partial charge in [0.1, 0.15) is 23.6 Å². The first-order valence-electron chi connectivity index (χ1n) is 7.89. The number of H-pyrrole nitrogens is 1. The van der Waals surface area contributed by atoms with Crippen molar-refractivity contribution in [1.29, 1.82) is 0 Å². The fourth-order valence-corrected chi connectivity index (χ4v) is 2.47. The maximum atomic E-state index is 13.3. The Kier molecular flexibility index (Phi) is 5.12. The SMILES string of the molecule is NC(=O)c1cc(-c2ccc(OCc3ccnnc3)cc2)c(C(F)(F)F)[nH]c1=O. The van der Waals surface area contributed by atoms with Crippen LogP contribution in [-0.2, 0) is 12.8 Å². The number of hydrogen-bond acceptors (Lipinski definition) is 5. The lowest BCUT2D eigenvalue weighted by Gasteiger charge is -2.14. The second-order valence-corrected chi connectivity index (χ2v) is 5.73. The van der Waals surface area contributed by atoms with Gasteiger partial charge in [-0.2, -0.15) is 23.4 Å². The predicted molar refractivity (Wildman–Crippen MR) is 92.4 cm³/mol. The third-order valence-electron chi connectivity index (χ3n) is 3.81. The zero-order valence-electron chi connectivity index (χ0n) is 14.2. The number of rotatable bonds is 5. The maximum Gasteiger partial charge on any atom is 0.431 e. The molecule has 3 rings (SSSR count). The number of amides is 1. The maximum absolute atomic E-state index is 13.3. The van der Waals surface area contributed by atoms with Crippen molar-refractivity contribution < 1.29 is 22.7 Å². The highest BCUT2D eigenvalue weighted by Crippen LogP contribution is 2.35. The van der Waals surface area contributed by atoms with Crippen molar-refractivity contribution in [3.63, 3.8) is 0 Å². The molecule has 10 heteroatoms. The molecule has 0 saturated carbocycles. The second-order valence-electron chi connectivity index (χ2n) is 5.73. The topological polar surface area (TPSA) is 111 Å². The number of hydrogen-bond donors (Lipinski definition) is 2. The van der Waals surface area contributed by atoms with Gasteiger partial charge in [-0.05, 0) is 29.8 Å². The lowest BCUT2D eigenvalue weighted by molar-refractivity contribution is -0.140. The summed E-state index contributed by atoms with van der Waals surface area (Å²) in [6.45, 7) is 0.202. The first-order valence-corrected chi connectivity index (χ1v) is 7.89. The summed E-state index contributed by atoms with van der Waals surface area (Å²) in [4.78, 5) is 24.7. The normalized spacial score (nSPS) is 11.2.